The maximum Gasteiger partial charge on any atom is 0.243 e. The zero-order valence-corrected chi connectivity index (χ0v) is 18.4. The molecule has 0 spiro atoms. The molecule has 0 bridgehead atoms. The van der Waals surface area contributed by atoms with Crippen LogP contribution in [0.5, 0.6) is 0 Å². The molecule has 0 saturated carbocycles. The summed E-state index contributed by atoms with van der Waals surface area (Å²) < 4.78 is 0. The highest BCUT2D eigenvalue weighted by atomic mass is 16.2. The first-order chi connectivity index (χ1) is 13.8. The Morgan fingerprint density at radius 1 is 1.00 bits per heavy atom. The van der Waals surface area contributed by atoms with Gasteiger partial charge in [-0.15, -0.1) is 0 Å². The van der Waals surface area contributed by atoms with E-state index in [1.165, 1.54) is 0 Å². The number of amides is 2. The van der Waals surface area contributed by atoms with Crippen molar-refractivity contribution in [2.24, 2.45) is 0 Å². The second-order valence-electron chi connectivity index (χ2n) is 7.86. The summed E-state index contributed by atoms with van der Waals surface area (Å²) in [4.78, 5) is 28.1. The van der Waals surface area contributed by atoms with Gasteiger partial charge in [0.2, 0.25) is 11.8 Å². The number of nitrogens with one attached hydrogen (secondary N) is 1. The Labute approximate surface area is 175 Å². The van der Waals surface area contributed by atoms with E-state index in [1.807, 2.05) is 71.0 Å². The number of carbonyl (C=O) groups is 2. The SMILES string of the molecule is CC[C@@H](C)NC(=O)[C@@H](CC)N(Cc1ccccc1)C(=O)Cc1cc(C)ccc1C. The Balaban J connectivity index is 2.30. The van der Waals surface area contributed by atoms with Crippen LogP contribution < -0.4 is 5.32 Å². The Morgan fingerprint density at radius 3 is 2.31 bits per heavy atom. The fourth-order valence-corrected chi connectivity index (χ4v) is 3.40. The number of hydrogen-bond acceptors (Lipinski definition) is 2. The van der Waals surface area contributed by atoms with Gasteiger partial charge in [-0.3, -0.25) is 9.59 Å². The van der Waals surface area contributed by atoms with Crippen molar-refractivity contribution in [3.63, 3.8) is 0 Å². The molecule has 156 valence electrons. The van der Waals surface area contributed by atoms with E-state index < -0.39 is 6.04 Å². The van der Waals surface area contributed by atoms with Crippen molar-refractivity contribution in [1.82, 2.24) is 10.2 Å². The summed E-state index contributed by atoms with van der Waals surface area (Å²) >= 11 is 0. The fraction of sp³-hybridized carbons (Fsp3) is 0.440. The Hall–Kier alpha value is -2.62. The molecule has 0 aliphatic carbocycles. The standard InChI is InChI=1S/C25H34N2O2/c1-6-20(5)26-25(29)23(7-2)27(17-21-11-9-8-10-12-21)24(28)16-22-15-18(3)13-14-19(22)4/h8-15,20,23H,6-7,16-17H2,1-5H3,(H,26,29)/t20-,23-/m1/s1. The highest BCUT2D eigenvalue weighted by molar-refractivity contribution is 5.88. The average molecular weight is 395 g/mol. The van der Waals surface area contributed by atoms with Crippen LogP contribution in [0.4, 0.5) is 0 Å². The summed E-state index contributed by atoms with van der Waals surface area (Å²) in [5.41, 5.74) is 4.28. The molecule has 0 heterocycles. The Morgan fingerprint density at radius 2 is 1.69 bits per heavy atom. The van der Waals surface area contributed by atoms with Gasteiger partial charge in [0.1, 0.15) is 6.04 Å². The molecule has 29 heavy (non-hydrogen) atoms. The summed E-state index contributed by atoms with van der Waals surface area (Å²) in [7, 11) is 0. The molecule has 2 aromatic carbocycles. The molecule has 4 nitrogen and oxygen atoms in total. The van der Waals surface area contributed by atoms with E-state index in [1.54, 1.807) is 4.90 Å². The third-order valence-corrected chi connectivity index (χ3v) is 5.43. The Kier molecular flexibility index (Phi) is 8.44. The van der Waals surface area contributed by atoms with E-state index in [-0.39, 0.29) is 17.9 Å². The zero-order chi connectivity index (χ0) is 21.4. The van der Waals surface area contributed by atoms with Crippen molar-refractivity contribution < 1.29 is 9.59 Å². The molecule has 0 aliphatic heterocycles. The van der Waals surface area contributed by atoms with Crippen LogP contribution in [0.15, 0.2) is 48.5 Å². The van der Waals surface area contributed by atoms with Crippen molar-refractivity contribution in [3.8, 4) is 0 Å². The van der Waals surface area contributed by atoms with Crippen LogP contribution in [0.25, 0.3) is 0 Å². The van der Waals surface area contributed by atoms with Crippen molar-refractivity contribution in [1.29, 1.82) is 0 Å². The molecule has 0 unspecified atom stereocenters. The number of rotatable bonds is 9. The lowest BCUT2D eigenvalue weighted by atomic mass is 10.0. The van der Waals surface area contributed by atoms with E-state index in [4.69, 9.17) is 0 Å². The van der Waals surface area contributed by atoms with Gasteiger partial charge >= 0.3 is 0 Å². The molecular weight excluding hydrogens is 360 g/mol. The minimum atomic E-state index is -0.484. The number of carbonyl (C=O) groups excluding carboxylic acids is 2. The molecule has 0 radical (unpaired) electrons. The van der Waals surface area contributed by atoms with Crippen molar-refractivity contribution in [3.05, 3.63) is 70.8 Å². The molecule has 0 aliphatic rings. The summed E-state index contributed by atoms with van der Waals surface area (Å²) in [6.07, 6.45) is 1.73. The van der Waals surface area contributed by atoms with Crippen LogP contribution >= 0.6 is 0 Å². The molecule has 1 N–H and O–H groups in total. The average Bonchev–Trinajstić information content (AvgIpc) is 2.71. The predicted molar refractivity (Wildman–Crippen MR) is 119 cm³/mol. The predicted octanol–water partition coefficient (Wildman–Crippen LogP) is 4.57. The molecule has 2 aromatic rings. The first-order valence-corrected chi connectivity index (χ1v) is 10.6. The minimum Gasteiger partial charge on any atom is -0.352 e. The molecule has 0 fully saturated rings. The lowest BCUT2D eigenvalue weighted by Gasteiger charge is -2.31. The lowest BCUT2D eigenvalue weighted by Crippen LogP contribution is -2.51. The Bertz CT molecular complexity index is 817. The molecule has 2 amide bonds. The molecule has 0 aromatic heterocycles. The molecule has 2 rings (SSSR count). The largest absolute Gasteiger partial charge is 0.352 e. The second kappa shape index (κ2) is 10.8. The summed E-state index contributed by atoms with van der Waals surface area (Å²) in [6, 6.07) is 15.6. The van der Waals surface area contributed by atoms with Gasteiger partial charge in [0.15, 0.2) is 0 Å². The summed E-state index contributed by atoms with van der Waals surface area (Å²) in [6.45, 7) is 10.5. The highest BCUT2D eigenvalue weighted by Crippen LogP contribution is 2.17. The van der Waals surface area contributed by atoms with Gasteiger partial charge in [-0.25, -0.2) is 0 Å². The third-order valence-electron chi connectivity index (χ3n) is 5.43. The number of benzene rings is 2. The smallest absolute Gasteiger partial charge is 0.243 e. The van der Waals surface area contributed by atoms with Gasteiger partial charge < -0.3 is 10.2 Å². The third kappa shape index (κ3) is 6.45. The van der Waals surface area contributed by atoms with E-state index in [0.717, 1.165) is 28.7 Å². The highest BCUT2D eigenvalue weighted by Gasteiger charge is 2.29. The first kappa shape index (κ1) is 22.7. The normalized spacial score (nSPS) is 12.9. The van der Waals surface area contributed by atoms with Crippen LogP contribution in [0.2, 0.25) is 0 Å². The van der Waals surface area contributed by atoms with Crippen molar-refractivity contribution >= 4 is 11.8 Å². The van der Waals surface area contributed by atoms with Crippen LogP contribution in [0, 0.1) is 13.8 Å². The number of aryl methyl sites for hydroxylation is 2. The summed E-state index contributed by atoms with van der Waals surface area (Å²) in [5.74, 6) is -0.0965. The molecule has 4 heteroatoms. The first-order valence-electron chi connectivity index (χ1n) is 10.6. The monoisotopic (exact) mass is 394 g/mol. The van der Waals surface area contributed by atoms with Crippen LogP contribution in [0.3, 0.4) is 0 Å². The maximum absolute atomic E-state index is 13.4. The van der Waals surface area contributed by atoms with Crippen molar-refractivity contribution in [2.45, 2.75) is 72.5 Å². The maximum atomic E-state index is 13.4. The van der Waals surface area contributed by atoms with Crippen LogP contribution in [0.1, 0.15) is 55.9 Å². The van der Waals surface area contributed by atoms with Gasteiger partial charge in [-0.1, -0.05) is 67.9 Å². The topological polar surface area (TPSA) is 49.4 Å². The molecule has 0 saturated heterocycles. The van der Waals surface area contributed by atoms with E-state index in [0.29, 0.717) is 19.4 Å². The minimum absolute atomic E-state index is 0.0197. The van der Waals surface area contributed by atoms with Gasteiger partial charge in [-0.05, 0) is 50.3 Å². The van der Waals surface area contributed by atoms with Crippen LogP contribution in [-0.2, 0) is 22.6 Å². The van der Waals surface area contributed by atoms with Crippen LogP contribution in [-0.4, -0.2) is 28.8 Å². The van der Waals surface area contributed by atoms with E-state index in [2.05, 4.69) is 17.4 Å². The van der Waals surface area contributed by atoms with E-state index >= 15 is 0 Å². The van der Waals surface area contributed by atoms with Gasteiger partial charge in [0.05, 0.1) is 6.42 Å². The number of hydrogen-bond donors (Lipinski definition) is 1. The molecule has 2 atom stereocenters. The van der Waals surface area contributed by atoms with Crippen molar-refractivity contribution in [2.75, 3.05) is 0 Å². The fourth-order valence-electron chi connectivity index (χ4n) is 3.40. The van der Waals surface area contributed by atoms with E-state index in [9.17, 15) is 9.59 Å². The zero-order valence-electron chi connectivity index (χ0n) is 18.4. The molecular formula is C25H34N2O2. The number of nitrogens with zero attached hydrogens (tertiary/aromatic N) is 1. The second-order valence-corrected chi connectivity index (χ2v) is 7.86. The van der Waals surface area contributed by atoms with Gasteiger partial charge in [0, 0.05) is 12.6 Å². The van der Waals surface area contributed by atoms with Gasteiger partial charge in [-0.2, -0.15) is 0 Å². The lowest BCUT2D eigenvalue weighted by molar-refractivity contribution is -0.141. The summed E-state index contributed by atoms with van der Waals surface area (Å²) in [5, 5.41) is 3.05. The van der Waals surface area contributed by atoms with Gasteiger partial charge in [0.25, 0.3) is 0 Å². The quantitative estimate of drug-likeness (QED) is 0.677.